The highest BCUT2D eigenvalue weighted by Gasteiger charge is 2.16. The van der Waals surface area contributed by atoms with Gasteiger partial charge in [-0.05, 0) is 41.5 Å². The van der Waals surface area contributed by atoms with Crippen molar-refractivity contribution in [3.05, 3.63) is 59.7 Å². The summed E-state index contributed by atoms with van der Waals surface area (Å²) in [6, 6.07) is 17.6. The number of hydrogen-bond acceptors (Lipinski definition) is 0. The Labute approximate surface area is 111 Å². The van der Waals surface area contributed by atoms with Crippen LogP contribution in [0.25, 0.3) is 11.1 Å². The minimum atomic E-state index is 0.594. The van der Waals surface area contributed by atoms with E-state index in [4.69, 9.17) is 0 Å². The van der Waals surface area contributed by atoms with E-state index in [0.29, 0.717) is 4.83 Å². The van der Waals surface area contributed by atoms with Gasteiger partial charge in [-0.1, -0.05) is 64.5 Å². The van der Waals surface area contributed by atoms with Crippen LogP contribution in [0.15, 0.2) is 48.5 Å². The number of benzene rings is 2. The minimum absolute atomic E-state index is 0.594. The summed E-state index contributed by atoms with van der Waals surface area (Å²) < 4.78 is 0. The molecule has 17 heavy (non-hydrogen) atoms. The van der Waals surface area contributed by atoms with Gasteiger partial charge < -0.3 is 0 Å². The first-order valence-electron chi connectivity index (χ1n) is 6.15. The Morgan fingerprint density at radius 1 is 0.824 bits per heavy atom. The molecule has 0 radical (unpaired) electrons. The van der Waals surface area contributed by atoms with Gasteiger partial charge in [0.2, 0.25) is 0 Å². The molecule has 1 aliphatic rings. The highest BCUT2D eigenvalue weighted by atomic mass is 79.9. The average molecular weight is 287 g/mol. The van der Waals surface area contributed by atoms with Crippen molar-refractivity contribution in [1.82, 2.24) is 0 Å². The summed E-state index contributed by atoms with van der Waals surface area (Å²) >= 11 is 3.79. The molecule has 0 heterocycles. The Balaban J connectivity index is 2.20. The van der Waals surface area contributed by atoms with Crippen molar-refractivity contribution in [3.8, 4) is 11.1 Å². The van der Waals surface area contributed by atoms with Gasteiger partial charge in [0.15, 0.2) is 0 Å². The van der Waals surface area contributed by atoms with Crippen LogP contribution in [0.1, 0.15) is 17.5 Å². The van der Waals surface area contributed by atoms with Crippen LogP contribution in [0.2, 0.25) is 0 Å². The van der Waals surface area contributed by atoms with Gasteiger partial charge >= 0.3 is 0 Å². The lowest BCUT2D eigenvalue weighted by Crippen LogP contribution is -2.09. The smallest absolute Gasteiger partial charge is 0.0189 e. The zero-order chi connectivity index (χ0) is 11.7. The molecule has 0 saturated carbocycles. The summed E-state index contributed by atoms with van der Waals surface area (Å²) in [5.41, 5.74) is 5.76. The maximum Gasteiger partial charge on any atom is 0.0189 e. The summed E-state index contributed by atoms with van der Waals surface area (Å²) in [6.07, 6.45) is 3.51. The molecule has 0 bridgehead atoms. The van der Waals surface area contributed by atoms with Crippen molar-refractivity contribution in [2.75, 3.05) is 0 Å². The Morgan fingerprint density at radius 2 is 1.41 bits per heavy atom. The number of hydrogen-bond donors (Lipinski definition) is 0. The normalized spacial score (nSPS) is 18.8. The zero-order valence-corrected chi connectivity index (χ0v) is 11.3. The fourth-order valence-electron chi connectivity index (χ4n) is 2.61. The Hall–Kier alpha value is -1.08. The van der Waals surface area contributed by atoms with E-state index >= 15 is 0 Å². The van der Waals surface area contributed by atoms with Gasteiger partial charge in [-0.15, -0.1) is 0 Å². The summed E-state index contributed by atoms with van der Waals surface area (Å²) in [4.78, 5) is 0.594. The topological polar surface area (TPSA) is 0 Å². The molecule has 2 aromatic carbocycles. The summed E-state index contributed by atoms with van der Waals surface area (Å²) in [7, 11) is 0. The molecule has 0 aromatic heterocycles. The largest absolute Gasteiger partial charge is 0.0887 e. The first kappa shape index (κ1) is 11.0. The van der Waals surface area contributed by atoms with Gasteiger partial charge in [0.25, 0.3) is 0 Å². The quantitative estimate of drug-likeness (QED) is 0.621. The molecule has 0 fully saturated rings. The van der Waals surface area contributed by atoms with Gasteiger partial charge in [-0.2, -0.15) is 0 Å². The molecule has 2 aromatic rings. The number of rotatable bonds is 0. The van der Waals surface area contributed by atoms with E-state index < -0.39 is 0 Å². The molecule has 0 N–H and O–H groups in total. The second-order valence-electron chi connectivity index (χ2n) is 4.65. The van der Waals surface area contributed by atoms with Crippen LogP contribution in [0.5, 0.6) is 0 Å². The van der Waals surface area contributed by atoms with Gasteiger partial charge in [-0.25, -0.2) is 0 Å². The van der Waals surface area contributed by atoms with Crippen molar-refractivity contribution in [3.63, 3.8) is 0 Å². The van der Waals surface area contributed by atoms with Gasteiger partial charge in [0, 0.05) is 4.83 Å². The molecular weight excluding hydrogens is 272 g/mol. The van der Waals surface area contributed by atoms with E-state index in [1.54, 1.807) is 0 Å². The number of alkyl halides is 1. The SMILES string of the molecule is Br[C@H]1CCc2ccccc2-c2ccccc2C1. The summed E-state index contributed by atoms with van der Waals surface area (Å²) in [5, 5.41) is 0. The molecule has 0 nitrogen and oxygen atoms in total. The van der Waals surface area contributed by atoms with Crippen LogP contribution in [0.3, 0.4) is 0 Å². The Morgan fingerprint density at radius 3 is 2.18 bits per heavy atom. The predicted octanol–water partition coefficient (Wildman–Crippen LogP) is 4.61. The first-order chi connectivity index (χ1) is 8.34. The van der Waals surface area contributed by atoms with E-state index in [0.717, 1.165) is 6.42 Å². The lowest BCUT2D eigenvalue weighted by atomic mass is 9.88. The third-order valence-electron chi connectivity index (χ3n) is 3.49. The molecule has 0 amide bonds. The Bertz CT molecular complexity index is 531. The summed E-state index contributed by atoms with van der Waals surface area (Å²) in [5.74, 6) is 0. The van der Waals surface area contributed by atoms with Crippen LogP contribution in [0, 0.1) is 0 Å². The lowest BCUT2D eigenvalue weighted by Gasteiger charge is -2.20. The number of fused-ring (bicyclic) bond motifs is 3. The van der Waals surface area contributed by atoms with E-state index in [1.165, 1.54) is 35.1 Å². The maximum absolute atomic E-state index is 3.79. The highest BCUT2D eigenvalue weighted by molar-refractivity contribution is 9.09. The number of halogens is 1. The van der Waals surface area contributed by atoms with Crippen molar-refractivity contribution in [2.24, 2.45) is 0 Å². The molecule has 1 aliphatic carbocycles. The van der Waals surface area contributed by atoms with E-state index in [9.17, 15) is 0 Å². The fraction of sp³-hybridized carbons (Fsp3) is 0.250. The van der Waals surface area contributed by atoms with Crippen molar-refractivity contribution in [1.29, 1.82) is 0 Å². The van der Waals surface area contributed by atoms with Crippen LogP contribution in [0.4, 0.5) is 0 Å². The summed E-state index contributed by atoms with van der Waals surface area (Å²) in [6.45, 7) is 0. The molecule has 0 unspecified atom stereocenters. The molecule has 0 spiro atoms. The molecule has 0 aliphatic heterocycles. The number of aryl methyl sites for hydroxylation is 1. The molecular formula is C16H15Br. The van der Waals surface area contributed by atoms with Crippen molar-refractivity contribution >= 4 is 15.9 Å². The first-order valence-corrected chi connectivity index (χ1v) is 7.06. The van der Waals surface area contributed by atoms with E-state index in [1.807, 2.05) is 0 Å². The van der Waals surface area contributed by atoms with E-state index in [-0.39, 0.29) is 0 Å². The molecule has 1 atom stereocenters. The second kappa shape index (κ2) is 4.66. The fourth-order valence-corrected chi connectivity index (χ4v) is 3.19. The van der Waals surface area contributed by atoms with Crippen LogP contribution < -0.4 is 0 Å². The predicted molar refractivity (Wildman–Crippen MR) is 76.6 cm³/mol. The third kappa shape index (κ3) is 2.16. The van der Waals surface area contributed by atoms with Crippen molar-refractivity contribution in [2.45, 2.75) is 24.1 Å². The Kier molecular flexibility index (Phi) is 3.02. The molecule has 3 rings (SSSR count). The van der Waals surface area contributed by atoms with Crippen LogP contribution >= 0.6 is 15.9 Å². The zero-order valence-electron chi connectivity index (χ0n) is 9.70. The van der Waals surface area contributed by atoms with Crippen LogP contribution in [-0.2, 0) is 12.8 Å². The molecule has 0 saturated heterocycles. The minimum Gasteiger partial charge on any atom is -0.0887 e. The highest BCUT2D eigenvalue weighted by Crippen LogP contribution is 2.32. The second-order valence-corrected chi connectivity index (χ2v) is 5.95. The molecule has 86 valence electrons. The maximum atomic E-state index is 3.79. The van der Waals surface area contributed by atoms with Crippen LogP contribution in [-0.4, -0.2) is 4.83 Å². The van der Waals surface area contributed by atoms with Gasteiger partial charge in [0.05, 0.1) is 0 Å². The standard InChI is InChI=1S/C16H15Br/c17-14-10-9-12-5-1-3-7-15(12)16-8-4-2-6-13(16)11-14/h1-8,14H,9-11H2/t14-/m0/s1. The van der Waals surface area contributed by atoms with Gasteiger partial charge in [0.1, 0.15) is 0 Å². The van der Waals surface area contributed by atoms with E-state index in [2.05, 4.69) is 64.5 Å². The van der Waals surface area contributed by atoms with Gasteiger partial charge in [-0.3, -0.25) is 0 Å². The lowest BCUT2D eigenvalue weighted by molar-refractivity contribution is 0.758. The third-order valence-corrected chi connectivity index (χ3v) is 4.27. The monoisotopic (exact) mass is 286 g/mol. The molecule has 1 heteroatoms. The average Bonchev–Trinajstić information content (AvgIpc) is 2.36. The van der Waals surface area contributed by atoms with Crippen molar-refractivity contribution < 1.29 is 0 Å².